The lowest BCUT2D eigenvalue weighted by Crippen LogP contribution is -2.15. The molecule has 0 saturated carbocycles. The second-order valence-corrected chi connectivity index (χ2v) is 5.88. The minimum atomic E-state index is 0.0918. The van der Waals surface area contributed by atoms with Gasteiger partial charge < -0.3 is 38.6 Å². The average molecular weight is 392 g/mol. The quantitative estimate of drug-likeness (QED) is 0.706. The van der Waals surface area contributed by atoms with Gasteiger partial charge in [0.25, 0.3) is 0 Å². The van der Waals surface area contributed by atoms with E-state index in [0.29, 0.717) is 62.6 Å². The number of ether oxygens (including phenoxy) is 6. The van der Waals surface area contributed by atoms with Crippen LogP contribution < -0.4 is 18.9 Å². The maximum Gasteiger partial charge on any atom is 0.164 e. The lowest BCUT2D eigenvalue weighted by molar-refractivity contribution is 0.0639. The number of rotatable bonds is 0. The molecule has 0 unspecified atom stereocenters. The van der Waals surface area contributed by atoms with Gasteiger partial charge in [-0.25, -0.2) is 0 Å². The summed E-state index contributed by atoms with van der Waals surface area (Å²) >= 11 is 0. The number of fused-ring (bicyclic) bond motifs is 2. The molecule has 1 aliphatic rings. The summed E-state index contributed by atoms with van der Waals surface area (Å²) in [5.74, 6) is 2.11. The molecule has 2 aromatic rings. The molecule has 0 radical (unpaired) electrons. The minimum absolute atomic E-state index is 0.0918. The first-order chi connectivity index (χ1) is 13.7. The number of hydrogen-bond acceptors (Lipinski definition) is 8. The van der Waals surface area contributed by atoms with Crippen molar-refractivity contribution in [1.82, 2.24) is 0 Å². The molecule has 0 aliphatic carbocycles. The third kappa shape index (κ3) is 6.11. The highest BCUT2D eigenvalue weighted by molar-refractivity contribution is 5.45. The van der Waals surface area contributed by atoms with Gasteiger partial charge in [0.15, 0.2) is 23.0 Å². The smallest absolute Gasteiger partial charge is 0.164 e. The van der Waals surface area contributed by atoms with Crippen LogP contribution in [0.1, 0.15) is 0 Å². The second kappa shape index (κ2) is 10.5. The van der Waals surface area contributed by atoms with Crippen LogP contribution in [0.3, 0.4) is 0 Å². The van der Waals surface area contributed by atoms with Gasteiger partial charge in [0.05, 0.1) is 26.4 Å². The number of phenolic OH excluding ortho intramolecular Hbond substituents is 2. The third-order valence-electron chi connectivity index (χ3n) is 3.80. The van der Waals surface area contributed by atoms with Crippen molar-refractivity contribution in [2.24, 2.45) is 0 Å². The summed E-state index contributed by atoms with van der Waals surface area (Å²) in [5, 5.41) is 19.3. The minimum Gasteiger partial charge on any atom is -0.508 e. The van der Waals surface area contributed by atoms with E-state index in [1.54, 1.807) is 12.1 Å². The SMILES string of the molecule is Oc1ccc2c(c1)OCCOCCOc1cc(O)ccc1OCCOCCO2. The summed E-state index contributed by atoms with van der Waals surface area (Å²) in [4.78, 5) is 0. The summed E-state index contributed by atoms with van der Waals surface area (Å²) in [6, 6.07) is 9.35. The topological polar surface area (TPSA) is 95.8 Å². The molecule has 152 valence electrons. The molecule has 1 heterocycles. The van der Waals surface area contributed by atoms with Crippen molar-refractivity contribution in [2.75, 3.05) is 52.9 Å². The normalized spacial score (nSPS) is 16.6. The second-order valence-electron chi connectivity index (χ2n) is 5.88. The molecule has 2 N–H and O–H groups in total. The summed E-state index contributed by atoms with van der Waals surface area (Å²) in [7, 11) is 0. The predicted octanol–water partition coefficient (Wildman–Crippen LogP) is 2.36. The number of aromatic hydroxyl groups is 2. The first-order valence-electron chi connectivity index (χ1n) is 9.05. The van der Waals surface area contributed by atoms with E-state index >= 15 is 0 Å². The molecule has 0 fully saturated rings. The van der Waals surface area contributed by atoms with E-state index in [-0.39, 0.29) is 24.7 Å². The van der Waals surface area contributed by atoms with Crippen LogP contribution in [0, 0.1) is 0 Å². The molecule has 1 aliphatic heterocycles. The lowest BCUT2D eigenvalue weighted by Gasteiger charge is -2.15. The van der Waals surface area contributed by atoms with Crippen LogP contribution in [-0.2, 0) is 9.47 Å². The molecule has 0 bridgehead atoms. The van der Waals surface area contributed by atoms with Gasteiger partial charge >= 0.3 is 0 Å². The van der Waals surface area contributed by atoms with Crippen LogP contribution in [0.5, 0.6) is 34.5 Å². The van der Waals surface area contributed by atoms with Crippen LogP contribution in [0.4, 0.5) is 0 Å². The molecule has 0 atom stereocenters. The van der Waals surface area contributed by atoms with E-state index in [1.807, 2.05) is 0 Å². The zero-order valence-corrected chi connectivity index (χ0v) is 15.5. The first-order valence-corrected chi connectivity index (χ1v) is 9.05. The van der Waals surface area contributed by atoms with Crippen molar-refractivity contribution in [3.8, 4) is 34.5 Å². The van der Waals surface area contributed by atoms with Gasteiger partial charge in [-0.1, -0.05) is 0 Å². The van der Waals surface area contributed by atoms with Crippen molar-refractivity contribution < 1.29 is 38.6 Å². The highest BCUT2D eigenvalue weighted by Gasteiger charge is 2.09. The molecule has 2 aromatic carbocycles. The van der Waals surface area contributed by atoms with E-state index in [9.17, 15) is 10.2 Å². The highest BCUT2D eigenvalue weighted by atomic mass is 16.6. The van der Waals surface area contributed by atoms with E-state index in [1.165, 1.54) is 24.3 Å². The van der Waals surface area contributed by atoms with Crippen molar-refractivity contribution in [3.05, 3.63) is 36.4 Å². The molecule has 8 heteroatoms. The van der Waals surface area contributed by atoms with E-state index in [2.05, 4.69) is 0 Å². The van der Waals surface area contributed by atoms with Crippen LogP contribution in [0.2, 0.25) is 0 Å². The number of benzene rings is 2. The zero-order valence-electron chi connectivity index (χ0n) is 15.5. The van der Waals surface area contributed by atoms with Crippen molar-refractivity contribution >= 4 is 0 Å². The van der Waals surface area contributed by atoms with Crippen molar-refractivity contribution in [1.29, 1.82) is 0 Å². The third-order valence-corrected chi connectivity index (χ3v) is 3.80. The van der Waals surface area contributed by atoms with Gasteiger partial charge in [0.1, 0.15) is 37.9 Å². The molecule has 0 saturated heterocycles. The van der Waals surface area contributed by atoms with Crippen LogP contribution in [-0.4, -0.2) is 63.1 Å². The number of phenols is 2. The Balaban J connectivity index is 1.60. The Morgan fingerprint density at radius 3 is 1.21 bits per heavy atom. The highest BCUT2D eigenvalue weighted by Crippen LogP contribution is 2.32. The van der Waals surface area contributed by atoms with Crippen molar-refractivity contribution in [2.45, 2.75) is 0 Å². The van der Waals surface area contributed by atoms with Crippen LogP contribution in [0.15, 0.2) is 36.4 Å². The summed E-state index contributed by atoms with van der Waals surface area (Å²) in [5.41, 5.74) is 0. The van der Waals surface area contributed by atoms with E-state index in [0.717, 1.165) is 0 Å². The largest absolute Gasteiger partial charge is 0.508 e. The fourth-order valence-corrected chi connectivity index (χ4v) is 2.50. The molecular weight excluding hydrogens is 368 g/mol. The molecular formula is C20H24O8. The summed E-state index contributed by atoms with van der Waals surface area (Å²) < 4.78 is 33.6. The zero-order chi connectivity index (χ0) is 19.6. The van der Waals surface area contributed by atoms with Crippen LogP contribution in [0.25, 0.3) is 0 Å². The Morgan fingerprint density at radius 2 is 0.821 bits per heavy atom. The summed E-state index contributed by atoms with van der Waals surface area (Å²) in [6.07, 6.45) is 0. The molecule has 28 heavy (non-hydrogen) atoms. The standard InChI is InChI=1S/C20H24O8/c21-15-1-3-17-19(13-15)27-11-7-24-8-12-28-20-14-16(22)2-4-18(20)26-10-6-23-5-9-25-17/h1-4,13-14,21-22H,5-12H2. The fraction of sp³-hybridized carbons (Fsp3) is 0.400. The maximum atomic E-state index is 9.65. The van der Waals surface area contributed by atoms with Gasteiger partial charge in [-0.2, -0.15) is 0 Å². The molecule has 3 rings (SSSR count). The lowest BCUT2D eigenvalue weighted by atomic mass is 10.3. The Labute approximate surface area is 163 Å². The Morgan fingerprint density at radius 1 is 0.464 bits per heavy atom. The average Bonchev–Trinajstić information content (AvgIpc) is 2.68. The first kappa shape index (κ1) is 19.9. The molecule has 8 nitrogen and oxygen atoms in total. The van der Waals surface area contributed by atoms with Gasteiger partial charge in [0, 0.05) is 12.1 Å². The maximum absolute atomic E-state index is 9.65. The van der Waals surface area contributed by atoms with Gasteiger partial charge in [-0.3, -0.25) is 0 Å². The van der Waals surface area contributed by atoms with Crippen molar-refractivity contribution in [3.63, 3.8) is 0 Å². The number of hydrogen-bond donors (Lipinski definition) is 2. The Kier molecular flexibility index (Phi) is 7.45. The van der Waals surface area contributed by atoms with Gasteiger partial charge in [-0.15, -0.1) is 0 Å². The fourth-order valence-electron chi connectivity index (χ4n) is 2.50. The molecule has 0 amide bonds. The Bertz CT molecular complexity index is 687. The van der Waals surface area contributed by atoms with Gasteiger partial charge in [-0.05, 0) is 24.3 Å². The van der Waals surface area contributed by atoms with Gasteiger partial charge in [0.2, 0.25) is 0 Å². The molecule has 0 aromatic heterocycles. The Hall–Kier alpha value is -2.84. The van der Waals surface area contributed by atoms with Crippen LogP contribution >= 0.6 is 0 Å². The summed E-state index contributed by atoms with van der Waals surface area (Å²) in [6.45, 7) is 2.64. The van der Waals surface area contributed by atoms with E-state index < -0.39 is 0 Å². The monoisotopic (exact) mass is 392 g/mol. The van der Waals surface area contributed by atoms with E-state index in [4.69, 9.17) is 28.4 Å². The molecule has 0 spiro atoms. The predicted molar refractivity (Wildman–Crippen MR) is 99.8 cm³/mol.